The van der Waals surface area contributed by atoms with Crippen molar-refractivity contribution in [2.24, 2.45) is 7.05 Å². The monoisotopic (exact) mass is 360 g/mol. The van der Waals surface area contributed by atoms with Gasteiger partial charge in [0, 0.05) is 44.4 Å². The number of piperazine rings is 1. The molecule has 0 unspecified atom stereocenters. The number of carbonyl (C=O) groups excluding carboxylic acids is 2. The van der Waals surface area contributed by atoms with Crippen molar-refractivity contribution < 1.29 is 9.59 Å². The Labute approximate surface area is 152 Å². The van der Waals surface area contributed by atoms with Crippen molar-refractivity contribution in [1.82, 2.24) is 19.6 Å². The van der Waals surface area contributed by atoms with Crippen molar-refractivity contribution in [1.29, 1.82) is 0 Å². The minimum absolute atomic E-state index is 0.0181. The van der Waals surface area contributed by atoms with Gasteiger partial charge in [0.2, 0.25) is 5.91 Å². The molecule has 1 aromatic heterocycles. The Balaban J connectivity index is 1.56. The predicted molar refractivity (Wildman–Crippen MR) is 95.6 cm³/mol. The van der Waals surface area contributed by atoms with Crippen LogP contribution in [0.4, 0.5) is 0 Å². The highest BCUT2D eigenvalue weighted by atomic mass is 35.5. The number of halogens is 1. The van der Waals surface area contributed by atoms with E-state index in [-0.39, 0.29) is 11.8 Å². The molecular weight excluding hydrogens is 340 g/mol. The predicted octanol–water partition coefficient (Wildman–Crippen LogP) is 1.91. The Hall–Kier alpha value is -2.34. The van der Waals surface area contributed by atoms with Gasteiger partial charge in [-0.2, -0.15) is 5.10 Å². The van der Waals surface area contributed by atoms with Crippen LogP contribution >= 0.6 is 11.6 Å². The van der Waals surface area contributed by atoms with E-state index in [0.717, 1.165) is 11.3 Å². The first-order valence-corrected chi connectivity index (χ1v) is 8.63. The lowest BCUT2D eigenvalue weighted by molar-refractivity contribution is -0.131. The highest BCUT2D eigenvalue weighted by Crippen LogP contribution is 2.14. The second-order valence-electron chi connectivity index (χ2n) is 6.28. The van der Waals surface area contributed by atoms with Gasteiger partial charge in [-0.05, 0) is 24.6 Å². The molecule has 3 rings (SSSR count). The molecule has 0 N–H and O–H groups in total. The molecule has 0 saturated carbocycles. The van der Waals surface area contributed by atoms with Crippen molar-refractivity contribution >= 4 is 23.4 Å². The van der Waals surface area contributed by atoms with Crippen molar-refractivity contribution in [2.75, 3.05) is 26.2 Å². The SMILES string of the molecule is Cc1nn(C)cc1C(=O)N1CCN(C(=O)Cc2ccc(Cl)cc2)CC1. The van der Waals surface area contributed by atoms with Crippen LogP contribution in [0.15, 0.2) is 30.5 Å². The van der Waals surface area contributed by atoms with Crippen LogP contribution in [-0.2, 0) is 18.3 Å². The summed E-state index contributed by atoms with van der Waals surface area (Å²) < 4.78 is 1.65. The van der Waals surface area contributed by atoms with Crippen LogP contribution in [0.25, 0.3) is 0 Å². The number of amides is 2. The van der Waals surface area contributed by atoms with Gasteiger partial charge in [0.15, 0.2) is 0 Å². The van der Waals surface area contributed by atoms with Crippen molar-refractivity contribution in [3.8, 4) is 0 Å². The van der Waals surface area contributed by atoms with Crippen LogP contribution < -0.4 is 0 Å². The molecule has 1 saturated heterocycles. The van der Waals surface area contributed by atoms with Gasteiger partial charge in [-0.1, -0.05) is 23.7 Å². The largest absolute Gasteiger partial charge is 0.339 e. The molecule has 2 aromatic rings. The van der Waals surface area contributed by atoms with E-state index in [1.165, 1.54) is 0 Å². The molecule has 2 heterocycles. The third kappa shape index (κ3) is 4.02. The molecule has 0 aliphatic carbocycles. The lowest BCUT2D eigenvalue weighted by Crippen LogP contribution is -2.51. The second-order valence-corrected chi connectivity index (χ2v) is 6.71. The Morgan fingerprint density at radius 2 is 1.68 bits per heavy atom. The van der Waals surface area contributed by atoms with Crippen LogP contribution in [0.5, 0.6) is 0 Å². The maximum atomic E-state index is 12.6. The number of carbonyl (C=O) groups is 2. The highest BCUT2D eigenvalue weighted by Gasteiger charge is 2.26. The van der Waals surface area contributed by atoms with Gasteiger partial charge in [0.1, 0.15) is 0 Å². The van der Waals surface area contributed by atoms with Gasteiger partial charge < -0.3 is 9.80 Å². The van der Waals surface area contributed by atoms with E-state index in [0.29, 0.717) is 43.2 Å². The van der Waals surface area contributed by atoms with Crippen LogP contribution in [0.3, 0.4) is 0 Å². The van der Waals surface area contributed by atoms with Gasteiger partial charge >= 0.3 is 0 Å². The normalized spacial score (nSPS) is 14.7. The van der Waals surface area contributed by atoms with Crippen LogP contribution in [0.2, 0.25) is 5.02 Å². The summed E-state index contributed by atoms with van der Waals surface area (Å²) in [6.07, 6.45) is 2.10. The van der Waals surface area contributed by atoms with Gasteiger partial charge in [-0.25, -0.2) is 0 Å². The molecule has 0 radical (unpaired) electrons. The van der Waals surface area contributed by atoms with Crippen molar-refractivity contribution in [3.05, 3.63) is 52.3 Å². The molecule has 1 aromatic carbocycles. The Morgan fingerprint density at radius 3 is 2.24 bits per heavy atom. The number of hydrogen-bond acceptors (Lipinski definition) is 3. The molecular formula is C18H21ClN4O2. The van der Waals surface area contributed by atoms with E-state index in [2.05, 4.69) is 5.10 Å². The number of aryl methyl sites for hydroxylation is 2. The molecule has 0 bridgehead atoms. The highest BCUT2D eigenvalue weighted by molar-refractivity contribution is 6.30. The molecule has 0 spiro atoms. The number of aromatic nitrogens is 2. The van der Waals surface area contributed by atoms with Crippen molar-refractivity contribution in [3.63, 3.8) is 0 Å². The second kappa shape index (κ2) is 7.27. The smallest absolute Gasteiger partial charge is 0.257 e. The third-order valence-corrected chi connectivity index (χ3v) is 4.68. The number of benzene rings is 1. The molecule has 7 heteroatoms. The zero-order valence-corrected chi connectivity index (χ0v) is 15.2. The first kappa shape index (κ1) is 17.5. The maximum Gasteiger partial charge on any atom is 0.257 e. The summed E-state index contributed by atoms with van der Waals surface area (Å²) >= 11 is 5.87. The quantitative estimate of drug-likeness (QED) is 0.840. The summed E-state index contributed by atoms with van der Waals surface area (Å²) in [6.45, 7) is 4.02. The van der Waals surface area contributed by atoms with Crippen LogP contribution in [0.1, 0.15) is 21.6 Å². The summed E-state index contributed by atoms with van der Waals surface area (Å²) in [5.41, 5.74) is 2.30. The fourth-order valence-electron chi connectivity index (χ4n) is 3.03. The van der Waals surface area contributed by atoms with E-state index in [4.69, 9.17) is 11.6 Å². The van der Waals surface area contributed by atoms with Crippen LogP contribution in [-0.4, -0.2) is 57.6 Å². The number of nitrogens with zero attached hydrogens (tertiary/aromatic N) is 4. The molecule has 6 nitrogen and oxygen atoms in total. The molecule has 2 amide bonds. The fraction of sp³-hybridized carbons (Fsp3) is 0.389. The van der Waals surface area contributed by atoms with Gasteiger partial charge in [0.25, 0.3) is 5.91 Å². The van der Waals surface area contributed by atoms with Gasteiger partial charge in [0.05, 0.1) is 17.7 Å². The fourth-order valence-corrected chi connectivity index (χ4v) is 3.15. The minimum Gasteiger partial charge on any atom is -0.339 e. The Bertz CT molecular complexity index is 777. The van der Waals surface area contributed by atoms with E-state index in [9.17, 15) is 9.59 Å². The first-order chi connectivity index (χ1) is 11.9. The van der Waals surface area contributed by atoms with Gasteiger partial charge in [-0.3, -0.25) is 14.3 Å². The average Bonchev–Trinajstić information content (AvgIpc) is 2.94. The maximum absolute atomic E-state index is 12.6. The summed E-state index contributed by atoms with van der Waals surface area (Å²) in [7, 11) is 1.80. The standard InChI is InChI=1S/C18H21ClN4O2/c1-13-16(12-21(2)20-13)18(25)23-9-7-22(8-10-23)17(24)11-14-3-5-15(19)6-4-14/h3-6,12H,7-11H2,1-2H3. The summed E-state index contributed by atoms with van der Waals surface area (Å²) in [4.78, 5) is 28.6. The molecule has 1 aliphatic heterocycles. The van der Waals surface area contributed by atoms with E-state index >= 15 is 0 Å². The zero-order chi connectivity index (χ0) is 18.0. The van der Waals surface area contributed by atoms with E-state index < -0.39 is 0 Å². The lowest BCUT2D eigenvalue weighted by Gasteiger charge is -2.34. The topological polar surface area (TPSA) is 58.4 Å². The Morgan fingerprint density at radius 1 is 1.08 bits per heavy atom. The van der Waals surface area contributed by atoms with Crippen molar-refractivity contribution in [2.45, 2.75) is 13.3 Å². The number of rotatable bonds is 3. The first-order valence-electron chi connectivity index (χ1n) is 8.26. The molecule has 132 valence electrons. The molecule has 0 atom stereocenters. The van der Waals surface area contributed by atoms with Gasteiger partial charge in [-0.15, -0.1) is 0 Å². The zero-order valence-electron chi connectivity index (χ0n) is 14.4. The lowest BCUT2D eigenvalue weighted by atomic mass is 10.1. The molecule has 1 aliphatic rings. The average molecular weight is 361 g/mol. The third-order valence-electron chi connectivity index (χ3n) is 4.43. The van der Waals surface area contributed by atoms with E-state index in [1.807, 2.05) is 24.0 Å². The summed E-state index contributed by atoms with van der Waals surface area (Å²) in [5, 5.41) is 4.88. The summed E-state index contributed by atoms with van der Waals surface area (Å²) in [6, 6.07) is 7.31. The van der Waals surface area contributed by atoms with Crippen LogP contribution in [0, 0.1) is 6.92 Å². The Kier molecular flexibility index (Phi) is 5.08. The van der Waals surface area contributed by atoms with E-state index in [1.54, 1.807) is 35.0 Å². The minimum atomic E-state index is -0.0181. The molecule has 25 heavy (non-hydrogen) atoms. The summed E-state index contributed by atoms with van der Waals surface area (Å²) in [5.74, 6) is 0.0578. The number of hydrogen-bond donors (Lipinski definition) is 0. The molecule has 1 fully saturated rings.